The maximum Gasteiger partial charge on any atom is 0.251 e. The normalized spacial score (nSPS) is 23.4. The van der Waals surface area contributed by atoms with E-state index in [4.69, 9.17) is 10.5 Å². The standard InChI is InChI=1S/C17H26N2O2/c1-5-17(6-2)14(10-15(17)21-4)19-16(20)13-9-12(18)8-7-11(13)3/h7-9,14-15H,5-6,10,18H2,1-4H3,(H,19,20). The number of benzene rings is 1. The number of nitrogen functional groups attached to an aromatic ring is 1. The Balaban J connectivity index is 2.15. The van der Waals surface area contributed by atoms with E-state index in [-0.39, 0.29) is 23.5 Å². The smallest absolute Gasteiger partial charge is 0.251 e. The third-order valence-corrected chi connectivity index (χ3v) is 5.20. The van der Waals surface area contributed by atoms with E-state index < -0.39 is 0 Å². The fourth-order valence-electron chi connectivity index (χ4n) is 3.60. The van der Waals surface area contributed by atoms with Crippen molar-refractivity contribution in [3.63, 3.8) is 0 Å². The van der Waals surface area contributed by atoms with Crippen LogP contribution in [0.25, 0.3) is 0 Å². The van der Waals surface area contributed by atoms with E-state index in [0.29, 0.717) is 11.3 Å². The van der Waals surface area contributed by atoms with E-state index in [0.717, 1.165) is 24.8 Å². The average molecular weight is 290 g/mol. The van der Waals surface area contributed by atoms with E-state index in [9.17, 15) is 4.79 Å². The molecule has 1 fully saturated rings. The molecule has 0 aliphatic heterocycles. The fourth-order valence-corrected chi connectivity index (χ4v) is 3.60. The van der Waals surface area contributed by atoms with Crippen LogP contribution in [-0.2, 0) is 4.74 Å². The number of hydrogen-bond acceptors (Lipinski definition) is 3. The van der Waals surface area contributed by atoms with Gasteiger partial charge in [0.05, 0.1) is 6.10 Å². The Morgan fingerprint density at radius 1 is 1.43 bits per heavy atom. The average Bonchev–Trinajstić information content (AvgIpc) is 2.46. The molecule has 116 valence electrons. The Labute approximate surface area is 127 Å². The van der Waals surface area contributed by atoms with E-state index in [2.05, 4.69) is 19.2 Å². The third-order valence-electron chi connectivity index (χ3n) is 5.20. The minimum Gasteiger partial charge on any atom is -0.399 e. The zero-order valence-corrected chi connectivity index (χ0v) is 13.4. The first-order valence-corrected chi connectivity index (χ1v) is 7.68. The van der Waals surface area contributed by atoms with Gasteiger partial charge in [0.25, 0.3) is 5.91 Å². The molecule has 1 saturated carbocycles. The summed E-state index contributed by atoms with van der Waals surface area (Å²) in [6.45, 7) is 6.26. The molecular formula is C17H26N2O2. The van der Waals surface area contributed by atoms with Gasteiger partial charge in [-0.2, -0.15) is 0 Å². The fraction of sp³-hybridized carbons (Fsp3) is 0.588. The number of ether oxygens (including phenoxy) is 1. The predicted octanol–water partition coefficient (Wildman–Crippen LogP) is 2.90. The minimum absolute atomic E-state index is 0.0365. The lowest BCUT2D eigenvalue weighted by molar-refractivity contribution is -0.120. The number of methoxy groups -OCH3 is 1. The van der Waals surface area contributed by atoms with Crippen molar-refractivity contribution in [2.75, 3.05) is 12.8 Å². The highest BCUT2D eigenvalue weighted by atomic mass is 16.5. The molecule has 1 amide bonds. The number of carbonyl (C=O) groups excluding carboxylic acids is 1. The van der Waals surface area contributed by atoms with Crippen LogP contribution in [0.3, 0.4) is 0 Å². The molecule has 3 N–H and O–H groups in total. The summed E-state index contributed by atoms with van der Waals surface area (Å²) in [5.41, 5.74) is 8.07. The van der Waals surface area contributed by atoms with Gasteiger partial charge in [0, 0.05) is 29.8 Å². The van der Waals surface area contributed by atoms with Crippen molar-refractivity contribution in [2.45, 2.75) is 52.2 Å². The van der Waals surface area contributed by atoms with Crippen molar-refractivity contribution < 1.29 is 9.53 Å². The van der Waals surface area contributed by atoms with Gasteiger partial charge in [0.2, 0.25) is 0 Å². The Bertz CT molecular complexity index is 524. The zero-order valence-electron chi connectivity index (χ0n) is 13.4. The van der Waals surface area contributed by atoms with Gasteiger partial charge in [-0.1, -0.05) is 19.9 Å². The summed E-state index contributed by atoms with van der Waals surface area (Å²) in [5, 5.41) is 3.18. The lowest BCUT2D eigenvalue weighted by atomic mass is 9.58. The first-order valence-electron chi connectivity index (χ1n) is 7.68. The Morgan fingerprint density at radius 2 is 2.10 bits per heavy atom. The third kappa shape index (κ3) is 2.64. The monoisotopic (exact) mass is 290 g/mol. The summed E-state index contributed by atoms with van der Waals surface area (Å²) in [7, 11) is 1.75. The van der Waals surface area contributed by atoms with Crippen molar-refractivity contribution >= 4 is 11.6 Å². The molecule has 0 aromatic heterocycles. The molecule has 21 heavy (non-hydrogen) atoms. The van der Waals surface area contributed by atoms with Crippen LogP contribution in [0, 0.1) is 12.3 Å². The van der Waals surface area contributed by atoms with Gasteiger partial charge >= 0.3 is 0 Å². The summed E-state index contributed by atoms with van der Waals surface area (Å²) in [5.74, 6) is -0.0365. The van der Waals surface area contributed by atoms with Crippen LogP contribution >= 0.6 is 0 Å². The zero-order chi connectivity index (χ0) is 15.6. The van der Waals surface area contributed by atoms with E-state index >= 15 is 0 Å². The summed E-state index contributed by atoms with van der Waals surface area (Å²) in [4.78, 5) is 12.5. The van der Waals surface area contributed by atoms with E-state index in [1.807, 2.05) is 19.1 Å². The molecule has 2 unspecified atom stereocenters. The number of aryl methyl sites for hydroxylation is 1. The minimum atomic E-state index is -0.0365. The first-order chi connectivity index (χ1) is 9.98. The Hall–Kier alpha value is -1.55. The first kappa shape index (κ1) is 15.8. The van der Waals surface area contributed by atoms with E-state index in [1.54, 1.807) is 13.2 Å². The molecule has 4 nitrogen and oxygen atoms in total. The number of carbonyl (C=O) groups is 1. The predicted molar refractivity (Wildman–Crippen MR) is 85.3 cm³/mol. The van der Waals surface area contributed by atoms with Crippen LogP contribution in [0.2, 0.25) is 0 Å². The van der Waals surface area contributed by atoms with Gasteiger partial charge in [-0.05, 0) is 43.9 Å². The van der Waals surface area contributed by atoms with Crippen molar-refractivity contribution in [3.05, 3.63) is 29.3 Å². The van der Waals surface area contributed by atoms with Gasteiger partial charge in [0.15, 0.2) is 0 Å². The number of anilines is 1. The SMILES string of the molecule is CCC1(CC)C(NC(=O)c2cc(N)ccc2C)CC1OC. The van der Waals surface area contributed by atoms with Gasteiger partial charge in [-0.15, -0.1) is 0 Å². The van der Waals surface area contributed by atoms with Gasteiger partial charge < -0.3 is 15.8 Å². The lowest BCUT2D eigenvalue weighted by Crippen LogP contribution is -2.64. The van der Waals surface area contributed by atoms with Gasteiger partial charge in [0.1, 0.15) is 0 Å². The van der Waals surface area contributed by atoms with Crippen molar-refractivity contribution in [2.24, 2.45) is 5.41 Å². The summed E-state index contributed by atoms with van der Waals surface area (Å²) in [6.07, 6.45) is 3.12. The second kappa shape index (κ2) is 6.06. The summed E-state index contributed by atoms with van der Waals surface area (Å²) < 4.78 is 5.57. The molecule has 0 bridgehead atoms. The molecule has 0 heterocycles. The van der Waals surface area contributed by atoms with Crippen LogP contribution in [-0.4, -0.2) is 25.2 Å². The highest BCUT2D eigenvalue weighted by molar-refractivity contribution is 5.96. The van der Waals surface area contributed by atoms with Crippen LogP contribution in [0.4, 0.5) is 5.69 Å². The van der Waals surface area contributed by atoms with E-state index in [1.165, 1.54) is 0 Å². The molecule has 2 atom stereocenters. The highest BCUT2D eigenvalue weighted by Gasteiger charge is 2.53. The van der Waals surface area contributed by atoms with Crippen LogP contribution < -0.4 is 11.1 Å². The molecule has 1 aromatic carbocycles. The van der Waals surface area contributed by atoms with Crippen LogP contribution in [0.1, 0.15) is 49.0 Å². The number of hydrogen-bond donors (Lipinski definition) is 2. The molecule has 1 aliphatic rings. The van der Waals surface area contributed by atoms with Crippen LogP contribution in [0.15, 0.2) is 18.2 Å². The molecule has 1 aliphatic carbocycles. The molecule has 1 aromatic rings. The molecular weight excluding hydrogens is 264 g/mol. The molecule has 0 radical (unpaired) electrons. The lowest BCUT2D eigenvalue weighted by Gasteiger charge is -2.55. The van der Waals surface area contributed by atoms with Crippen molar-refractivity contribution in [3.8, 4) is 0 Å². The molecule has 4 heteroatoms. The molecule has 0 spiro atoms. The van der Waals surface area contributed by atoms with Gasteiger partial charge in [-0.3, -0.25) is 4.79 Å². The Morgan fingerprint density at radius 3 is 2.67 bits per heavy atom. The maximum atomic E-state index is 12.5. The number of amides is 1. The second-order valence-electron chi connectivity index (χ2n) is 6.00. The molecule has 2 rings (SSSR count). The van der Waals surface area contributed by atoms with Crippen LogP contribution in [0.5, 0.6) is 0 Å². The second-order valence-corrected chi connectivity index (χ2v) is 6.00. The quantitative estimate of drug-likeness (QED) is 0.820. The number of nitrogens with two attached hydrogens (primary N) is 1. The summed E-state index contributed by atoms with van der Waals surface area (Å²) in [6, 6.07) is 5.62. The van der Waals surface area contributed by atoms with Gasteiger partial charge in [-0.25, -0.2) is 0 Å². The van der Waals surface area contributed by atoms with Crippen molar-refractivity contribution in [1.29, 1.82) is 0 Å². The summed E-state index contributed by atoms with van der Waals surface area (Å²) >= 11 is 0. The number of rotatable bonds is 5. The number of nitrogens with one attached hydrogen (secondary N) is 1. The largest absolute Gasteiger partial charge is 0.399 e. The Kier molecular flexibility index (Phi) is 4.57. The topological polar surface area (TPSA) is 64.4 Å². The highest BCUT2D eigenvalue weighted by Crippen LogP contribution is 2.48. The molecule has 0 saturated heterocycles. The maximum absolute atomic E-state index is 12.5. The van der Waals surface area contributed by atoms with Crippen molar-refractivity contribution in [1.82, 2.24) is 5.32 Å².